The first-order valence-corrected chi connectivity index (χ1v) is 4.12. The standard InChI is InChI=1S/C5H5N3O.C3H3N3O/c6-5(9)4-3-7-1-2-8-4;7-3-1-2-4-6-5-3/h1-3H,(H2,6,9);1-2H,(H,4,5,7). The SMILES string of the molecule is NC(=O)c1cnccn1.O=c1ccnn[nH]1. The second kappa shape index (κ2) is 5.96. The Labute approximate surface area is 89.6 Å². The first kappa shape index (κ1) is 11.4. The lowest BCUT2D eigenvalue weighted by atomic mass is 10.4. The van der Waals surface area contributed by atoms with E-state index in [1.165, 1.54) is 30.9 Å². The maximum Gasteiger partial charge on any atom is 0.268 e. The fourth-order valence-corrected chi connectivity index (χ4v) is 0.676. The van der Waals surface area contributed by atoms with Crippen molar-refractivity contribution >= 4 is 5.91 Å². The van der Waals surface area contributed by atoms with Crippen LogP contribution in [-0.4, -0.2) is 31.3 Å². The van der Waals surface area contributed by atoms with Gasteiger partial charge in [-0.05, 0) is 0 Å². The number of nitrogens with two attached hydrogens (primary N) is 1. The van der Waals surface area contributed by atoms with Gasteiger partial charge in [0.15, 0.2) is 0 Å². The summed E-state index contributed by atoms with van der Waals surface area (Å²) >= 11 is 0. The highest BCUT2D eigenvalue weighted by Gasteiger charge is 1.97. The van der Waals surface area contributed by atoms with Crippen LogP contribution in [0.2, 0.25) is 0 Å². The number of hydrogen-bond donors (Lipinski definition) is 2. The highest BCUT2D eigenvalue weighted by atomic mass is 16.1. The van der Waals surface area contributed by atoms with Gasteiger partial charge in [-0.2, -0.15) is 0 Å². The summed E-state index contributed by atoms with van der Waals surface area (Å²) < 4.78 is 0. The van der Waals surface area contributed by atoms with Crippen molar-refractivity contribution in [3.8, 4) is 0 Å². The highest BCUT2D eigenvalue weighted by Crippen LogP contribution is 1.84. The summed E-state index contributed by atoms with van der Waals surface area (Å²) in [5.41, 5.74) is 4.84. The number of aromatic amines is 1. The topological polar surface area (TPSA) is 128 Å². The molecule has 0 bridgehead atoms. The van der Waals surface area contributed by atoms with Crippen LogP contribution >= 0.6 is 0 Å². The smallest absolute Gasteiger partial charge is 0.268 e. The molecule has 0 atom stereocenters. The molecule has 2 aromatic rings. The van der Waals surface area contributed by atoms with Crippen molar-refractivity contribution in [1.82, 2.24) is 25.4 Å². The fourth-order valence-electron chi connectivity index (χ4n) is 0.676. The number of rotatable bonds is 1. The van der Waals surface area contributed by atoms with E-state index in [2.05, 4.69) is 25.4 Å². The van der Waals surface area contributed by atoms with Crippen LogP contribution in [0.1, 0.15) is 10.5 Å². The van der Waals surface area contributed by atoms with Crippen molar-refractivity contribution in [3.05, 3.63) is 46.9 Å². The largest absolute Gasteiger partial charge is 0.364 e. The minimum absolute atomic E-state index is 0.192. The van der Waals surface area contributed by atoms with Crippen LogP contribution < -0.4 is 11.3 Å². The summed E-state index contributed by atoms with van der Waals surface area (Å²) in [7, 11) is 0. The summed E-state index contributed by atoms with van der Waals surface area (Å²) in [4.78, 5) is 27.7. The first-order valence-electron chi connectivity index (χ1n) is 4.12. The Kier molecular flexibility index (Phi) is 4.26. The van der Waals surface area contributed by atoms with Crippen LogP contribution in [0.3, 0.4) is 0 Å². The molecule has 2 rings (SSSR count). The quantitative estimate of drug-likeness (QED) is 0.617. The van der Waals surface area contributed by atoms with Crippen LogP contribution in [-0.2, 0) is 0 Å². The van der Waals surface area contributed by atoms with E-state index >= 15 is 0 Å². The average Bonchev–Trinajstić information content (AvgIpc) is 2.32. The highest BCUT2D eigenvalue weighted by molar-refractivity contribution is 5.90. The minimum atomic E-state index is -0.553. The Morgan fingerprint density at radius 2 is 2.12 bits per heavy atom. The van der Waals surface area contributed by atoms with Gasteiger partial charge in [-0.3, -0.25) is 14.6 Å². The average molecular weight is 220 g/mol. The summed E-state index contributed by atoms with van der Waals surface area (Å²) in [6.45, 7) is 0. The third-order valence-corrected chi connectivity index (χ3v) is 1.33. The third kappa shape index (κ3) is 4.05. The Hall–Kier alpha value is -2.64. The lowest BCUT2D eigenvalue weighted by Crippen LogP contribution is -2.12. The number of carbonyl (C=O) groups is 1. The van der Waals surface area contributed by atoms with E-state index in [4.69, 9.17) is 5.73 Å². The molecule has 2 heterocycles. The summed E-state index contributed by atoms with van der Waals surface area (Å²) in [6.07, 6.45) is 5.55. The Morgan fingerprint density at radius 3 is 2.44 bits per heavy atom. The van der Waals surface area contributed by atoms with E-state index < -0.39 is 5.91 Å². The molecule has 0 saturated heterocycles. The number of nitrogens with one attached hydrogen (secondary N) is 1. The van der Waals surface area contributed by atoms with Crippen LogP contribution in [0.4, 0.5) is 0 Å². The number of nitrogens with zero attached hydrogens (tertiary/aromatic N) is 4. The Bertz CT molecular complexity index is 480. The van der Waals surface area contributed by atoms with Crippen molar-refractivity contribution in [3.63, 3.8) is 0 Å². The van der Waals surface area contributed by atoms with Crippen molar-refractivity contribution < 1.29 is 4.79 Å². The normalized spacial score (nSPS) is 8.75. The zero-order valence-corrected chi connectivity index (χ0v) is 8.07. The number of amides is 1. The minimum Gasteiger partial charge on any atom is -0.364 e. The molecule has 1 amide bonds. The van der Waals surface area contributed by atoms with E-state index in [-0.39, 0.29) is 11.3 Å². The number of primary amides is 1. The van der Waals surface area contributed by atoms with Gasteiger partial charge in [-0.15, -0.1) is 5.10 Å². The van der Waals surface area contributed by atoms with Gasteiger partial charge in [0.1, 0.15) is 5.69 Å². The predicted octanol–water partition coefficient (Wildman–Crippen LogP) is -1.26. The molecule has 0 aliphatic rings. The van der Waals surface area contributed by atoms with E-state index in [1.54, 1.807) is 0 Å². The molecular formula is C8H8N6O2. The number of H-pyrrole nitrogens is 1. The molecule has 3 N–H and O–H groups in total. The van der Waals surface area contributed by atoms with Crippen LogP contribution in [0.5, 0.6) is 0 Å². The van der Waals surface area contributed by atoms with Gasteiger partial charge in [-0.25, -0.2) is 10.1 Å². The molecule has 82 valence electrons. The molecule has 0 unspecified atom stereocenters. The zero-order valence-electron chi connectivity index (χ0n) is 8.07. The van der Waals surface area contributed by atoms with E-state index in [9.17, 15) is 9.59 Å². The van der Waals surface area contributed by atoms with E-state index in [0.29, 0.717) is 0 Å². The van der Waals surface area contributed by atoms with E-state index in [1.807, 2.05) is 0 Å². The molecule has 0 spiro atoms. The maximum atomic E-state index is 10.3. The van der Waals surface area contributed by atoms with Crippen molar-refractivity contribution in [2.75, 3.05) is 0 Å². The number of aromatic nitrogens is 5. The molecule has 0 aromatic carbocycles. The molecular weight excluding hydrogens is 212 g/mol. The van der Waals surface area contributed by atoms with Crippen LogP contribution in [0.15, 0.2) is 35.6 Å². The molecule has 0 aliphatic heterocycles. The number of carbonyl (C=O) groups excluding carboxylic acids is 1. The molecule has 0 aliphatic carbocycles. The van der Waals surface area contributed by atoms with Gasteiger partial charge in [0.25, 0.3) is 11.5 Å². The zero-order chi connectivity index (χ0) is 11.8. The van der Waals surface area contributed by atoms with E-state index in [0.717, 1.165) is 0 Å². The van der Waals surface area contributed by atoms with Crippen LogP contribution in [0, 0.1) is 0 Å². The molecule has 16 heavy (non-hydrogen) atoms. The van der Waals surface area contributed by atoms with Gasteiger partial charge < -0.3 is 5.73 Å². The lowest BCUT2D eigenvalue weighted by molar-refractivity contribution is 0.0995. The monoisotopic (exact) mass is 220 g/mol. The molecule has 0 fully saturated rings. The number of hydrogen-bond acceptors (Lipinski definition) is 6. The van der Waals surface area contributed by atoms with Gasteiger partial charge in [0.2, 0.25) is 0 Å². The van der Waals surface area contributed by atoms with Crippen LogP contribution in [0.25, 0.3) is 0 Å². The second-order valence-corrected chi connectivity index (χ2v) is 2.46. The fraction of sp³-hybridized carbons (Fsp3) is 0. The third-order valence-electron chi connectivity index (χ3n) is 1.33. The molecule has 0 saturated carbocycles. The second-order valence-electron chi connectivity index (χ2n) is 2.46. The van der Waals surface area contributed by atoms with Crippen molar-refractivity contribution in [2.24, 2.45) is 5.73 Å². The van der Waals surface area contributed by atoms with Gasteiger partial charge in [0.05, 0.1) is 12.4 Å². The van der Waals surface area contributed by atoms with Gasteiger partial charge in [0, 0.05) is 18.5 Å². The molecule has 8 nitrogen and oxygen atoms in total. The summed E-state index contributed by atoms with van der Waals surface area (Å²) in [5, 5.41) is 8.65. The first-order chi connectivity index (χ1) is 7.70. The summed E-state index contributed by atoms with van der Waals surface area (Å²) in [6, 6.07) is 1.30. The summed E-state index contributed by atoms with van der Waals surface area (Å²) in [5.74, 6) is -0.553. The molecule has 2 aromatic heterocycles. The van der Waals surface area contributed by atoms with Gasteiger partial charge in [-0.1, -0.05) is 5.21 Å². The maximum absolute atomic E-state index is 10.3. The molecule has 0 radical (unpaired) electrons. The van der Waals surface area contributed by atoms with Crippen molar-refractivity contribution in [2.45, 2.75) is 0 Å². The van der Waals surface area contributed by atoms with Gasteiger partial charge >= 0.3 is 0 Å². The van der Waals surface area contributed by atoms with Crippen molar-refractivity contribution in [1.29, 1.82) is 0 Å². The Balaban J connectivity index is 0.000000165. The Morgan fingerprint density at radius 1 is 1.31 bits per heavy atom. The lowest BCUT2D eigenvalue weighted by Gasteiger charge is -1.87. The molecule has 8 heteroatoms. The predicted molar refractivity (Wildman–Crippen MR) is 53.2 cm³/mol.